The lowest BCUT2D eigenvalue weighted by molar-refractivity contribution is 0.768. The van der Waals surface area contributed by atoms with Gasteiger partial charge in [0, 0.05) is 37.1 Å². The van der Waals surface area contributed by atoms with Crippen LogP contribution in [-0.4, -0.2) is 0 Å². The lowest BCUT2D eigenvalue weighted by Gasteiger charge is -2.34. The topological polar surface area (TPSA) is 3.24 Å². The monoisotopic (exact) mass is 907 g/mol. The first-order valence-electron chi connectivity index (χ1n) is 24.2. The Bertz CT molecular complexity index is 3850. The maximum Gasteiger partial charge on any atom is 0.0714 e. The fourth-order valence-corrected chi connectivity index (χ4v) is 13.5. The summed E-state index contributed by atoms with van der Waals surface area (Å²) in [5.74, 6) is 0. The molecule has 0 spiro atoms. The van der Waals surface area contributed by atoms with E-state index in [9.17, 15) is 0 Å². The highest BCUT2D eigenvalue weighted by Crippen LogP contribution is 2.60. The highest BCUT2D eigenvalue weighted by atomic mass is 32.1. The van der Waals surface area contributed by atoms with Crippen molar-refractivity contribution in [2.45, 2.75) is 10.8 Å². The second-order valence-electron chi connectivity index (χ2n) is 18.7. The summed E-state index contributed by atoms with van der Waals surface area (Å²) in [6.45, 7) is 0. The molecule has 2 aliphatic rings. The van der Waals surface area contributed by atoms with Crippen LogP contribution in [0.2, 0.25) is 0 Å². The Labute approximate surface area is 412 Å². The van der Waals surface area contributed by atoms with Crippen LogP contribution < -0.4 is 4.90 Å². The predicted molar refractivity (Wildman–Crippen MR) is 294 cm³/mol. The van der Waals surface area contributed by atoms with Gasteiger partial charge in [0.2, 0.25) is 0 Å². The van der Waals surface area contributed by atoms with E-state index in [-0.39, 0.29) is 0 Å². The van der Waals surface area contributed by atoms with Gasteiger partial charge in [-0.1, -0.05) is 224 Å². The molecular formula is C68H45NS. The van der Waals surface area contributed by atoms with Crippen molar-refractivity contribution in [3.05, 3.63) is 317 Å². The zero-order chi connectivity index (χ0) is 46.2. The quantitative estimate of drug-likeness (QED) is 0.147. The Kier molecular flexibility index (Phi) is 9.27. The third-order valence-electron chi connectivity index (χ3n) is 15.2. The van der Waals surface area contributed by atoms with Gasteiger partial charge in [0.15, 0.2) is 0 Å². The van der Waals surface area contributed by atoms with Gasteiger partial charge in [0.05, 0.1) is 16.5 Å². The van der Waals surface area contributed by atoms with Crippen molar-refractivity contribution in [2.24, 2.45) is 0 Å². The van der Waals surface area contributed by atoms with E-state index < -0.39 is 10.8 Å². The third kappa shape index (κ3) is 5.84. The molecule has 0 aliphatic heterocycles. The van der Waals surface area contributed by atoms with Crippen molar-refractivity contribution >= 4 is 48.6 Å². The molecule has 12 aromatic rings. The molecule has 2 aliphatic carbocycles. The smallest absolute Gasteiger partial charge is 0.0714 e. The summed E-state index contributed by atoms with van der Waals surface area (Å²) in [6.07, 6.45) is 0. The number of anilines is 3. The molecule has 0 amide bonds. The molecule has 0 fully saturated rings. The van der Waals surface area contributed by atoms with Gasteiger partial charge in [-0.05, 0) is 121 Å². The van der Waals surface area contributed by atoms with Crippen molar-refractivity contribution in [3.63, 3.8) is 0 Å². The minimum absolute atomic E-state index is 0.468. The molecule has 11 aromatic carbocycles. The second kappa shape index (κ2) is 16.0. The molecule has 0 radical (unpaired) electrons. The van der Waals surface area contributed by atoms with Crippen molar-refractivity contribution in [1.29, 1.82) is 0 Å². The molecule has 328 valence electrons. The van der Waals surface area contributed by atoms with Crippen LogP contribution >= 0.6 is 11.3 Å². The largest absolute Gasteiger partial charge is 0.310 e. The Morgan fingerprint density at radius 1 is 0.286 bits per heavy atom. The molecule has 0 unspecified atom stereocenters. The lowest BCUT2D eigenvalue weighted by atomic mass is 9.67. The number of nitrogens with zero attached hydrogens (tertiary/aromatic N) is 1. The maximum atomic E-state index is 2.51. The van der Waals surface area contributed by atoms with E-state index in [1.807, 2.05) is 11.3 Å². The highest BCUT2D eigenvalue weighted by Gasteiger charge is 2.48. The van der Waals surface area contributed by atoms with E-state index in [4.69, 9.17) is 0 Å². The van der Waals surface area contributed by atoms with Gasteiger partial charge in [-0.25, -0.2) is 0 Å². The normalized spacial score (nSPS) is 13.7. The summed E-state index contributed by atoms with van der Waals surface area (Å²) in [5, 5.41) is 2.56. The minimum atomic E-state index is -0.518. The lowest BCUT2D eigenvalue weighted by Crippen LogP contribution is -2.28. The van der Waals surface area contributed by atoms with Crippen molar-refractivity contribution in [3.8, 4) is 33.4 Å². The van der Waals surface area contributed by atoms with Crippen molar-refractivity contribution in [1.82, 2.24) is 0 Å². The van der Waals surface area contributed by atoms with Gasteiger partial charge in [-0.15, -0.1) is 11.3 Å². The molecule has 0 N–H and O–H groups in total. The standard InChI is InChI=1S/C68H45NS/c1-5-20-48(21-6-1)67(49-22-7-2-8-23-49)60-32-17-14-30-57(60)66-61(67)33-19-34-63(66)69(53-41-43-65-58(45-53)56-29-15-18-35-64(56)70-65)52-39-36-46(37-40-52)47-38-42-55-54-28-13-16-31-59(54)68(62(55)44-47,50-24-9-3-10-25-50)51-26-11-4-12-27-51/h1-45H. The van der Waals surface area contributed by atoms with Crippen LogP contribution in [-0.2, 0) is 10.8 Å². The summed E-state index contributed by atoms with van der Waals surface area (Å²) in [4.78, 5) is 2.51. The van der Waals surface area contributed by atoms with E-state index in [0.29, 0.717) is 0 Å². The van der Waals surface area contributed by atoms with E-state index >= 15 is 0 Å². The third-order valence-corrected chi connectivity index (χ3v) is 16.4. The van der Waals surface area contributed by atoms with Crippen LogP contribution in [0.5, 0.6) is 0 Å². The zero-order valence-electron chi connectivity index (χ0n) is 38.3. The minimum Gasteiger partial charge on any atom is -0.310 e. The van der Waals surface area contributed by atoms with Gasteiger partial charge < -0.3 is 4.90 Å². The number of fused-ring (bicyclic) bond motifs is 9. The molecular weight excluding hydrogens is 863 g/mol. The molecule has 14 rings (SSSR count). The van der Waals surface area contributed by atoms with Gasteiger partial charge in [0.25, 0.3) is 0 Å². The molecule has 1 aromatic heterocycles. The van der Waals surface area contributed by atoms with E-state index in [1.165, 1.54) is 98.1 Å². The summed E-state index contributed by atoms with van der Waals surface area (Å²) < 4.78 is 2.59. The van der Waals surface area contributed by atoms with Crippen molar-refractivity contribution < 1.29 is 0 Å². The summed E-state index contributed by atoms with van der Waals surface area (Å²) in [6, 6.07) is 102. The predicted octanol–water partition coefficient (Wildman–Crippen LogP) is 17.9. The molecule has 0 bridgehead atoms. The molecule has 1 nitrogen and oxygen atoms in total. The molecule has 0 saturated carbocycles. The average Bonchev–Trinajstić information content (AvgIpc) is 4.07. The number of benzene rings is 11. The van der Waals surface area contributed by atoms with Gasteiger partial charge >= 0.3 is 0 Å². The zero-order valence-corrected chi connectivity index (χ0v) is 39.2. The maximum absolute atomic E-state index is 2.51. The Morgan fingerprint density at radius 2 is 0.757 bits per heavy atom. The van der Waals surface area contributed by atoms with Crippen LogP contribution in [0.15, 0.2) is 273 Å². The van der Waals surface area contributed by atoms with Crippen LogP contribution in [0.3, 0.4) is 0 Å². The van der Waals surface area contributed by atoms with Gasteiger partial charge in [0.1, 0.15) is 0 Å². The Morgan fingerprint density at radius 3 is 1.40 bits per heavy atom. The van der Waals surface area contributed by atoms with Crippen LogP contribution in [0.1, 0.15) is 44.5 Å². The average molecular weight is 908 g/mol. The van der Waals surface area contributed by atoms with Crippen LogP contribution in [0.4, 0.5) is 17.1 Å². The fourth-order valence-electron chi connectivity index (χ4n) is 12.4. The number of hydrogen-bond donors (Lipinski definition) is 0. The van der Waals surface area contributed by atoms with Crippen LogP contribution in [0.25, 0.3) is 53.6 Å². The number of thiophene rings is 1. The second-order valence-corrected chi connectivity index (χ2v) is 19.8. The number of hydrogen-bond acceptors (Lipinski definition) is 2. The first-order valence-corrected chi connectivity index (χ1v) is 25.1. The highest BCUT2D eigenvalue weighted by molar-refractivity contribution is 7.25. The summed E-state index contributed by atoms with van der Waals surface area (Å²) >= 11 is 1.86. The number of rotatable bonds is 8. The van der Waals surface area contributed by atoms with E-state index in [0.717, 1.165) is 17.1 Å². The molecule has 0 saturated heterocycles. The molecule has 70 heavy (non-hydrogen) atoms. The Hall–Kier alpha value is -8.56. The molecule has 1 heterocycles. The molecule has 2 heteroatoms. The first kappa shape index (κ1) is 40.5. The van der Waals surface area contributed by atoms with Gasteiger partial charge in [-0.2, -0.15) is 0 Å². The SMILES string of the molecule is c1ccc(C2(c3ccccc3)c3ccccc3-c3ccc(-c4ccc(N(c5ccc6sc7ccccc7c6c5)c5cccc6c5-c5ccccc5C6(c5ccccc5)c5ccccc5)cc4)cc32)cc1. The van der Waals surface area contributed by atoms with Crippen molar-refractivity contribution in [2.75, 3.05) is 4.90 Å². The first-order chi connectivity index (χ1) is 34.7. The van der Waals surface area contributed by atoms with Crippen LogP contribution in [0, 0.1) is 0 Å². The fraction of sp³-hybridized carbons (Fsp3) is 0.0294. The van der Waals surface area contributed by atoms with Gasteiger partial charge in [-0.3, -0.25) is 0 Å². The summed E-state index contributed by atoms with van der Waals surface area (Å²) in [5.41, 5.74) is 20.1. The van der Waals surface area contributed by atoms with E-state index in [2.05, 4.69) is 278 Å². The van der Waals surface area contributed by atoms with E-state index in [1.54, 1.807) is 0 Å². The molecule has 0 atom stereocenters. The Balaban J connectivity index is 0.974. The summed E-state index contributed by atoms with van der Waals surface area (Å²) in [7, 11) is 0.